The minimum atomic E-state index is -5.86. The van der Waals surface area contributed by atoms with Crippen LogP contribution in [-0.2, 0) is 19.0 Å². The van der Waals surface area contributed by atoms with E-state index in [-0.39, 0.29) is 16.9 Å². The van der Waals surface area contributed by atoms with E-state index in [9.17, 15) is 26.4 Å². The molecule has 0 atom stereocenters. The van der Waals surface area contributed by atoms with Crippen molar-refractivity contribution in [2.24, 2.45) is 0 Å². The summed E-state index contributed by atoms with van der Waals surface area (Å²) in [6.07, 6.45) is 3.86. The van der Waals surface area contributed by atoms with Gasteiger partial charge in [0.1, 0.15) is 11.4 Å². The van der Waals surface area contributed by atoms with Gasteiger partial charge in [0.15, 0.2) is 5.76 Å². The normalized spacial score (nSPS) is 18.7. The maximum atomic E-state index is 12.7. The van der Waals surface area contributed by atoms with E-state index in [4.69, 9.17) is 4.74 Å². The summed E-state index contributed by atoms with van der Waals surface area (Å²) in [6.45, 7) is 0. The second-order valence-electron chi connectivity index (χ2n) is 6.07. The van der Waals surface area contributed by atoms with Crippen LogP contribution in [0.3, 0.4) is 0 Å². The van der Waals surface area contributed by atoms with Crippen LogP contribution in [0.1, 0.15) is 41.6 Å². The molecule has 0 unspecified atom stereocenters. The predicted molar refractivity (Wildman–Crippen MR) is 83.6 cm³/mol. The van der Waals surface area contributed by atoms with Gasteiger partial charge < -0.3 is 13.7 Å². The van der Waals surface area contributed by atoms with Crippen molar-refractivity contribution in [3.63, 3.8) is 0 Å². The molecule has 2 aliphatic rings. The molecule has 1 fully saturated rings. The maximum absolute atomic E-state index is 12.7. The molecule has 1 saturated carbocycles. The molecule has 1 aromatic carbocycles. The summed E-state index contributed by atoms with van der Waals surface area (Å²) in [5.74, 6) is -1.09. The molecule has 1 heterocycles. The summed E-state index contributed by atoms with van der Waals surface area (Å²) in [5.41, 5.74) is -6.53. The molecule has 1 aliphatic carbocycles. The van der Waals surface area contributed by atoms with Crippen LogP contribution in [0.15, 0.2) is 24.3 Å². The largest absolute Gasteiger partial charge is 0.534 e. The lowest BCUT2D eigenvalue weighted by atomic mass is 9.94. The first kappa shape index (κ1) is 18.6. The number of rotatable bonds is 3. The van der Waals surface area contributed by atoms with Crippen molar-refractivity contribution in [1.29, 1.82) is 0 Å². The van der Waals surface area contributed by atoms with Crippen molar-refractivity contribution in [3.8, 4) is 5.75 Å². The molecule has 3 rings (SSSR count). The van der Waals surface area contributed by atoms with Gasteiger partial charge in [-0.25, -0.2) is 4.79 Å². The van der Waals surface area contributed by atoms with E-state index in [0.29, 0.717) is 12.8 Å². The number of hydrogen-bond acceptors (Lipinski definition) is 6. The summed E-state index contributed by atoms with van der Waals surface area (Å²) >= 11 is 0. The lowest BCUT2D eigenvalue weighted by molar-refractivity contribution is -0.0510. The van der Waals surface area contributed by atoms with Crippen molar-refractivity contribution in [2.45, 2.75) is 36.8 Å². The average molecular weight is 392 g/mol. The Morgan fingerprint density at radius 1 is 1.23 bits per heavy atom. The monoisotopic (exact) mass is 392 g/mol. The number of fused-ring (bicyclic) bond motifs is 1. The Morgan fingerprint density at radius 2 is 1.88 bits per heavy atom. The molecule has 26 heavy (non-hydrogen) atoms. The SMILES string of the molecule is COC(=O)c1ccc2c(c1)C(OS(=O)(=O)C(F)(F)F)=CC1(CCCC1)O2. The summed E-state index contributed by atoms with van der Waals surface area (Å²) < 4.78 is 76.1. The third-order valence-electron chi connectivity index (χ3n) is 4.31. The van der Waals surface area contributed by atoms with Crippen LogP contribution in [0.2, 0.25) is 0 Å². The van der Waals surface area contributed by atoms with E-state index in [1.807, 2.05) is 0 Å². The molecule has 0 saturated heterocycles. The van der Waals surface area contributed by atoms with Gasteiger partial charge in [-0.2, -0.15) is 21.6 Å². The summed E-state index contributed by atoms with van der Waals surface area (Å²) in [4.78, 5) is 11.7. The lowest BCUT2D eigenvalue weighted by Crippen LogP contribution is -2.34. The van der Waals surface area contributed by atoms with Gasteiger partial charge in [0.05, 0.1) is 18.2 Å². The van der Waals surface area contributed by atoms with Crippen molar-refractivity contribution >= 4 is 21.8 Å². The topological polar surface area (TPSA) is 78.9 Å². The molecule has 10 heteroatoms. The molecule has 0 amide bonds. The molecule has 0 radical (unpaired) electrons. The number of alkyl halides is 3. The van der Waals surface area contributed by atoms with E-state index in [0.717, 1.165) is 20.0 Å². The van der Waals surface area contributed by atoms with Crippen LogP contribution in [0.5, 0.6) is 5.75 Å². The van der Waals surface area contributed by atoms with Gasteiger partial charge in [-0.15, -0.1) is 0 Å². The average Bonchev–Trinajstić information content (AvgIpc) is 3.00. The first-order chi connectivity index (χ1) is 12.1. The number of ether oxygens (including phenoxy) is 2. The number of esters is 1. The van der Waals surface area contributed by atoms with Crippen molar-refractivity contribution < 1.29 is 40.0 Å². The number of halogens is 3. The molecule has 0 N–H and O–H groups in total. The van der Waals surface area contributed by atoms with Gasteiger partial charge in [-0.1, -0.05) is 0 Å². The Bertz CT molecular complexity index is 866. The highest BCUT2D eigenvalue weighted by atomic mass is 32.2. The maximum Gasteiger partial charge on any atom is 0.534 e. The first-order valence-electron chi connectivity index (χ1n) is 7.72. The van der Waals surface area contributed by atoms with E-state index >= 15 is 0 Å². The van der Waals surface area contributed by atoms with Gasteiger partial charge in [0.25, 0.3) is 0 Å². The number of hydrogen-bond donors (Lipinski definition) is 0. The summed E-state index contributed by atoms with van der Waals surface area (Å²) in [7, 11) is -4.72. The number of methoxy groups -OCH3 is 1. The zero-order chi connectivity index (χ0) is 19.2. The van der Waals surface area contributed by atoms with Crippen LogP contribution < -0.4 is 4.74 Å². The van der Waals surface area contributed by atoms with Gasteiger partial charge in [0, 0.05) is 6.08 Å². The highest BCUT2D eigenvalue weighted by Crippen LogP contribution is 2.45. The standard InChI is InChI=1S/C16H15F3O6S/c1-23-14(20)10-4-5-12-11(8-10)13(25-26(21,22)16(17,18)19)9-15(24-12)6-2-3-7-15/h4-5,8-9H,2-3,6-7H2,1H3. The number of carbonyl (C=O) groups is 1. The molecule has 6 nitrogen and oxygen atoms in total. The molecule has 1 spiro atoms. The van der Waals surface area contributed by atoms with Crippen molar-refractivity contribution in [3.05, 3.63) is 35.4 Å². The molecular weight excluding hydrogens is 377 g/mol. The molecule has 142 valence electrons. The third kappa shape index (κ3) is 3.25. The van der Waals surface area contributed by atoms with Gasteiger partial charge in [0.2, 0.25) is 0 Å². The van der Waals surface area contributed by atoms with E-state index in [1.54, 1.807) is 0 Å². The fraction of sp³-hybridized carbons (Fsp3) is 0.438. The second kappa shape index (κ2) is 6.19. The Labute approximate surface area is 147 Å². The van der Waals surface area contributed by atoms with E-state index < -0.39 is 33.0 Å². The second-order valence-corrected chi connectivity index (χ2v) is 7.61. The van der Waals surface area contributed by atoms with Gasteiger partial charge in [-0.05, 0) is 43.9 Å². The van der Waals surface area contributed by atoms with Crippen LogP contribution in [-0.4, -0.2) is 32.6 Å². The van der Waals surface area contributed by atoms with Crippen LogP contribution >= 0.6 is 0 Å². The van der Waals surface area contributed by atoms with Crippen molar-refractivity contribution in [1.82, 2.24) is 0 Å². The highest BCUT2D eigenvalue weighted by Gasteiger charge is 2.50. The first-order valence-corrected chi connectivity index (χ1v) is 9.13. The Hall–Kier alpha value is -2.23. The molecule has 0 bridgehead atoms. The molecule has 0 aromatic heterocycles. The molecule has 1 aliphatic heterocycles. The third-order valence-corrected chi connectivity index (χ3v) is 5.27. The van der Waals surface area contributed by atoms with E-state index in [2.05, 4.69) is 8.92 Å². The zero-order valence-electron chi connectivity index (χ0n) is 13.6. The Kier molecular flexibility index (Phi) is 4.41. The van der Waals surface area contributed by atoms with Gasteiger partial charge >= 0.3 is 21.6 Å². The Balaban J connectivity index is 2.09. The zero-order valence-corrected chi connectivity index (χ0v) is 14.4. The predicted octanol–water partition coefficient (Wildman–Crippen LogP) is 3.39. The Morgan fingerprint density at radius 3 is 2.46 bits per heavy atom. The fourth-order valence-corrected chi connectivity index (χ4v) is 3.54. The van der Waals surface area contributed by atoms with Crippen molar-refractivity contribution in [2.75, 3.05) is 7.11 Å². The van der Waals surface area contributed by atoms with Crippen LogP contribution in [0.25, 0.3) is 5.76 Å². The van der Waals surface area contributed by atoms with Crippen LogP contribution in [0, 0.1) is 0 Å². The van der Waals surface area contributed by atoms with E-state index in [1.165, 1.54) is 24.3 Å². The molecule has 1 aromatic rings. The van der Waals surface area contributed by atoms with Gasteiger partial charge in [-0.3, -0.25) is 0 Å². The summed E-state index contributed by atoms with van der Waals surface area (Å²) in [6, 6.07) is 3.95. The minimum Gasteiger partial charge on any atom is -0.482 e. The quantitative estimate of drug-likeness (QED) is 0.446. The lowest BCUT2D eigenvalue weighted by Gasteiger charge is -2.33. The van der Waals surface area contributed by atoms with Crippen LogP contribution in [0.4, 0.5) is 13.2 Å². The highest BCUT2D eigenvalue weighted by molar-refractivity contribution is 7.87. The molecular formula is C16H15F3O6S. The number of benzene rings is 1. The summed E-state index contributed by atoms with van der Waals surface area (Å²) in [5, 5.41) is 0. The number of carbonyl (C=O) groups excluding carboxylic acids is 1. The minimum absolute atomic E-state index is 0.0242. The smallest absolute Gasteiger partial charge is 0.482 e. The fourth-order valence-electron chi connectivity index (χ4n) is 3.08.